The molecule has 0 radical (unpaired) electrons. The molecule has 9 heteroatoms. The summed E-state index contributed by atoms with van der Waals surface area (Å²) in [6.45, 7) is 7.68. The van der Waals surface area contributed by atoms with Gasteiger partial charge in [-0.3, -0.25) is 24.9 Å². The number of carbonyl (C=O) groups is 2. The van der Waals surface area contributed by atoms with Gasteiger partial charge in [-0.1, -0.05) is 30.3 Å². The third-order valence-electron chi connectivity index (χ3n) is 7.33. The fraction of sp³-hybridized carbons (Fsp3) is 0.394. The van der Waals surface area contributed by atoms with E-state index in [1.54, 1.807) is 31.5 Å². The Bertz CT molecular complexity index is 1330. The second kappa shape index (κ2) is 16.2. The summed E-state index contributed by atoms with van der Waals surface area (Å²) in [5.41, 5.74) is 6.92. The van der Waals surface area contributed by atoms with Crippen molar-refractivity contribution >= 4 is 35.1 Å². The summed E-state index contributed by atoms with van der Waals surface area (Å²) in [5, 5.41) is 17.5. The number of hydrogen-bond donors (Lipinski definition) is 3. The predicted octanol–water partition coefficient (Wildman–Crippen LogP) is 4.32. The summed E-state index contributed by atoms with van der Waals surface area (Å²) >= 11 is 0. The molecule has 42 heavy (non-hydrogen) atoms. The first-order valence-electron chi connectivity index (χ1n) is 14.2. The molecule has 0 aromatic heterocycles. The van der Waals surface area contributed by atoms with Gasteiger partial charge in [0, 0.05) is 49.9 Å². The largest absolute Gasteiger partial charge is 0.395 e. The number of carbonyl (C=O) groups excluding carboxylic acids is 2. The number of hydrogen-bond acceptors (Lipinski definition) is 7. The van der Waals surface area contributed by atoms with Crippen molar-refractivity contribution in [1.29, 1.82) is 0 Å². The molecular formula is C33H42N6O3. The lowest BCUT2D eigenvalue weighted by atomic mass is 9.87. The van der Waals surface area contributed by atoms with Crippen LogP contribution in [0.1, 0.15) is 44.7 Å². The van der Waals surface area contributed by atoms with Crippen LogP contribution in [0.4, 0.5) is 11.4 Å². The van der Waals surface area contributed by atoms with Gasteiger partial charge >= 0.3 is 0 Å². The van der Waals surface area contributed by atoms with Crippen LogP contribution < -0.4 is 10.7 Å². The molecule has 2 aromatic carbocycles. The summed E-state index contributed by atoms with van der Waals surface area (Å²) in [5.74, 6) is 2.08. The Morgan fingerprint density at radius 3 is 2.50 bits per heavy atom. The number of aliphatic imine (C=N–C) groups is 1. The van der Waals surface area contributed by atoms with Crippen LogP contribution in [0.15, 0.2) is 70.9 Å². The Morgan fingerprint density at radius 1 is 1.12 bits per heavy atom. The zero-order chi connectivity index (χ0) is 30.4. The third-order valence-corrected chi connectivity index (χ3v) is 7.33. The Hall–Kier alpha value is -4.26. The number of terminal acetylenes is 1. The number of aliphatic hydroxyl groups excluding tert-OH is 1. The minimum atomic E-state index is -0.942. The van der Waals surface area contributed by atoms with E-state index < -0.39 is 5.41 Å². The van der Waals surface area contributed by atoms with Gasteiger partial charge in [0.25, 0.3) is 0 Å². The van der Waals surface area contributed by atoms with E-state index in [-0.39, 0.29) is 25.0 Å². The van der Waals surface area contributed by atoms with E-state index in [1.807, 2.05) is 54.0 Å². The van der Waals surface area contributed by atoms with E-state index in [4.69, 9.17) is 0 Å². The molecule has 2 aliphatic heterocycles. The number of hydrazone groups is 1. The van der Waals surface area contributed by atoms with E-state index in [1.165, 1.54) is 11.1 Å². The van der Waals surface area contributed by atoms with Crippen LogP contribution in [-0.4, -0.2) is 71.4 Å². The molecule has 2 aliphatic rings. The maximum Gasteiger partial charge on any atom is 0.237 e. The summed E-state index contributed by atoms with van der Waals surface area (Å²) in [6.07, 6.45) is 12.0. The van der Waals surface area contributed by atoms with Crippen molar-refractivity contribution in [3.63, 3.8) is 0 Å². The van der Waals surface area contributed by atoms with E-state index in [9.17, 15) is 14.7 Å². The molecule has 2 aromatic rings. The first kappa shape index (κ1) is 32.3. The zero-order valence-electron chi connectivity index (χ0n) is 24.8. The van der Waals surface area contributed by atoms with Crippen molar-refractivity contribution in [2.24, 2.45) is 15.5 Å². The molecule has 1 unspecified atom stereocenters. The summed E-state index contributed by atoms with van der Waals surface area (Å²) < 4.78 is 0. The molecule has 1 atom stereocenters. The SMILES string of the molecule is C#CC.CC=N/C=C\C/C(C)=N/Nc1ccc(NC(=O)C2(CO)CCN(CC(=O)N3CCc4ccccc4C3)C2)cc1. The van der Waals surface area contributed by atoms with Gasteiger partial charge in [0.05, 0.1) is 24.3 Å². The minimum absolute atomic E-state index is 0.0603. The molecule has 222 valence electrons. The smallest absolute Gasteiger partial charge is 0.237 e. The van der Waals surface area contributed by atoms with Gasteiger partial charge < -0.3 is 15.3 Å². The van der Waals surface area contributed by atoms with E-state index in [2.05, 4.69) is 45.3 Å². The Kier molecular flexibility index (Phi) is 12.5. The monoisotopic (exact) mass is 570 g/mol. The number of nitrogens with zero attached hydrogens (tertiary/aromatic N) is 4. The van der Waals surface area contributed by atoms with Gasteiger partial charge in [0.2, 0.25) is 11.8 Å². The van der Waals surface area contributed by atoms with Crippen molar-refractivity contribution < 1.29 is 14.7 Å². The molecule has 4 rings (SSSR count). The highest BCUT2D eigenvalue weighted by Gasteiger charge is 2.44. The highest BCUT2D eigenvalue weighted by Crippen LogP contribution is 2.32. The number of rotatable bonds is 10. The fourth-order valence-corrected chi connectivity index (χ4v) is 4.95. The number of aliphatic hydroxyl groups is 1. The standard InChI is InChI=1S/C30H38N6O3.C3H4/c1-3-31-16-6-7-23(2)33-34-27-12-10-26(11-13-27)32-29(39)30(22-37)15-18-35(21-30)20-28(38)36-17-14-24-8-4-5-9-25(24)19-36;1-3-2/h3-6,8-13,16,34,37H,7,14-15,17-22H2,1-2H3,(H,32,39);1H,2H3/b16-6-,31-3?,33-23+;. The van der Waals surface area contributed by atoms with Crippen LogP contribution in [0.25, 0.3) is 0 Å². The molecular weight excluding hydrogens is 528 g/mol. The summed E-state index contributed by atoms with van der Waals surface area (Å²) in [7, 11) is 0. The van der Waals surface area contributed by atoms with Gasteiger partial charge in [-0.15, -0.1) is 12.3 Å². The van der Waals surface area contributed by atoms with Crippen LogP contribution in [0.3, 0.4) is 0 Å². The van der Waals surface area contributed by atoms with Crippen LogP contribution in [-0.2, 0) is 22.6 Å². The number of amides is 2. The van der Waals surface area contributed by atoms with Crippen LogP contribution >= 0.6 is 0 Å². The number of anilines is 2. The normalized spacial score (nSPS) is 18.7. The maximum absolute atomic E-state index is 13.2. The van der Waals surface area contributed by atoms with Crippen LogP contribution in [0.2, 0.25) is 0 Å². The van der Waals surface area contributed by atoms with Crippen LogP contribution in [0.5, 0.6) is 0 Å². The number of nitrogens with one attached hydrogen (secondary N) is 2. The number of benzene rings is 2. The summed E-state index contributed by atoms with van der Waals surface area (Å²) in [4.78, 5) is 34.2. The second-order valence-corrected chi connectivity index (χ2v) is 10.5. The molecule has 0 saturated carbocycles. The maximum atomic E-state index is 13.2. The third kappa shape index (κ3) is 9.13. The number of allylic oxidation sites excluding steroid dienone is 1. The lowest BCUT2D eigenvalue weighted by molar-refractivity contribution is -0.134. The molecule has 3 N–H and O–H groups in total. The van der Waals surface area contributed by atoms with Crippen molar-refractivity contribution in [3.05, 3.63) is 71.9 Å². The Morgan fingerprint density at radius 2 is 1.81 bits per heavy atom. The van der Waals surface area contributed by atoms with Gasteiger partial charge in [-0.2, -0.15) is 5.10 Å². The van der Waals surface area contributed by atoms with E-state index >= 15 is 0 Å². The predicted molar refractivity (Wildman–Crippen MR) is 170 cm³/mol. The molecule has 1 saturated heterocycles. The second-order valence-electron chi connectivity index (χ2n) is 10.5. The molecule has 0 aliphatic carbocycles. The van der Waals surface area contributed by atoms with Crippen molar-refractivity contribution in [1.82, 2.24) is 9.80 Å². The molecule has 9 nitrogen and oxygen atoms in total. The first-order valence-corrected chi connectivity index (χ1v) is 14.2. The molecule has 2 amide bonds. The van der Waals surface area contributed by atoms with Gasteiger partial charge in [-0.25, -0.2) is 0 Å². The van der Waals surface area contributed by atoms with E-state index in [0.29, 0.717) is 44.7 Å². The highest BCUT2D eigenvalue weighted by atomic mass is 16.3. The minimum Gasteiger partial charge on any atom is -0.395 e. The topological polar surface area (TPSA) is 110 Å². The van der Waals surface area contributed by atoms with Crippen molar-refractivity contribution in [2.75, 3.05) is 43.5 Å². The van der Waals surface area contributed by atoms with Crippen molar-refractivity contribution in [3.8, 4) is 12.3 Å². The highest BCUT2D eigenvalue weighted by molar-refractivity contribution is 5.96. The number of likely N-dealkylation sites (tertiary alicyclic amines) is 1. The van der Waals surface area contributed by atoms with Gasteiger partial charge in [-0.05, 0) is 75.5 Å². The summed E-state index contributed by atoms with van der Waals surface area (Å²) in [6, 6.07) is 15.5. The Balaban J connectivity index is 0.00000155. The van der Waals surface area contributed by atoms with Crippen LogP contribution in [0, 0.1) is 17.8 Å². The quantitative estimate of drug-likeness (QED) is 0.224. The number of fused-ring (bicyclic) bond motifs is 1. The molecule has 2 heterocycles. The molecule has 0 bridgehead atoms. The lowest BCUT2D eigenvalue weighted by Crippen LogP contribution is -2.45. The van der Waals surface area contributed by atoms with Gasteiger partial charge in [0.1, 0.15) is 0 Å². The zero-order valence-corrected chi connectivity index (χ0v) is 24.8. The van der Waals surface area contributed by atoms with Crippen molar-refractivity contribution in [2.45, 2.75) is 46.6 Å². The van der Waals surface area contributed by atoms with Gasteiger partial charge in [0.15, 0.2) is 0 Å². The average Bonchev–Trinajstić information content (AvgIpc) is 3.43. The average molecular weight is 571 g/mol. The lowest BCUT2D eigenvalue weighted by Gasteiger charge is -2.31. The van der Waals surface area contributed by atoms with E-state index in [0.717, 1.165) is 17.8 Å². The molecule has 1 fully saturated rings. The molecule has 0 spiro atoms. The first-order chi connectivity index (χ1) is 20.3. The fourth-order valence-electron chi connectivity index (χ4n) is 4.95. The Labute approximate surface area is 249 Å².